The summed E-state index contributed by atoms with van der Waals surface area (Å²) in [5, 5.41) is 11.3. The van der Waals surface area contributed by atoms with E-state index in [0.29, 0.717) is 5.82 Å². The third kappa shape index (κ3) is 5.60. The third-order valence-corrected chi connectivity index (χ3v) is 12.8. The Bertz CT molecular complexity index is 3500. The summed E-state index contributed by atoms with van der Waals surface area (Å²) in [6, 6.07) is 71.3. The lowest BCUT2D eigenvalue weighted by Gasteiger charge is -2.13. The molecule has 0 N–H and O–H groups in total. The van der Waals surface area contributed by atoms with Crippen molar-refractivity contribution in [2.24, 2.45) is 0 Å². The van der Waals surface area contributed by atoms with Crippen LogP contribution >= 0.6 is 11.3 Å². The fourth-order valence-corrected chi connectivity index (χ4v) is 10.0. The lowest BCUT2D eigenvalue weighted by atomic mass is 9.92. The number of pyridine rings is 1. The second kappa shape index (κ2) is 13.6. The standard InChI is InChI=1S/C55H33N3S/c1-3-13-34(14-4-1)48-33-49(35-15-5-2-6-16-35)58-55(57-48)37-25-23-36(24-26-37)53-54-52(46-21-11-12-22-51(46)59-54)45-30-28-39(32-50(45)56-53)38-27-29-44-42-19-8-7-17-40(42)41-18-9-10-20-43(41)47(44)31-38/h1-33H. The summed E-state index contributed by atoms with van der Waals surface area (Å²) >= 11 is 1.81. The molecule has 0 fully saturated rings. The van der Waals surface area contributed by atoms with Crippen LogP contribution in [0.4, 0.5) is 0 Å². The first kappa shape index (κ1) is 33.6. The minimum absolute atomic E-state index is 0.691. The van der Waals surface area contributed by atoms with Crippen LogP contribution in [0, 0.1) is 0 Å². The van der Waals surface area contributed by atoms with Crippen LogP contribution in [0.3, 0.4) is 0 Å². The maximum Gasteiger partial charge on any atom is 0.160 e. The van der Waals surface area contributed by atoms with Crippen molar-refractivity contribution >= 4 is 74.7 Å². The molecule has 0 amide bonds. The maximum absolute atomic E-state index is 5.50. The second-order valence-electron chi connectivity index (χ2n) is 15.1. The van der Waals surface area contributed by atoms with Crippen LogP contribution in [0.25, 0.3) is 120 Å². The Hall–Kier alpha value is -7.53. The summed E-state index contributed by atoms with van der Waals surface area (Å²) in [5.74, 6) is 0.691. The van der Waals surface area contributed by atoms with Crippen molar-refractivity contribution in [3.8, 4) is 56.3 Å². The molecule has 9 aromatic carbocycles. The molecule has 4 heteroatoms. The van der Waals surface area contributed by atoms with Gasteiger partial charge in [-0.15, -0.1) is 11.3 Å². The Labute approximate surface area is 344 Å². The van der Waals surface area contributed by atoms with E-state index >= 15 is 0 Å². The van der Waals surface area contributed by atoms with Gasteiger partial charge in [0.1, 0.15) is 0 Å². The van der Waals surface area contributed by atoms with Crippen LogP contribution in [0.15, 0.2) is 200 Å². The minimum Gasteiger partial charge on any atom is -0.246 e. The van der Waals surface area contributed by atoms with Crippen LogP contribution in [-0.2, 0) is 0 Å². The average molecular weight is 768 g/mol. The zero-order chi connectivity index (χ0) is 38.9. The van der Waals surface area contributed by atoms with Crippen LogP contribution in [-0.4, -0.2) is 15.0 Å². The highest BCUT2D eigenvalue weighted by molar-refractivity contribution is 7.26. The topological polar surface area (TPSA) is 38.7 Å². The number of nitrogens with zero attached hydrogens (tertiary/aromatic N) is 3. The first-order chi connectivity index (χ1) is 29.2. The molecule has 59 heavy (non-hydrogen) atoms. The lowest BCUT2D eigenvalue weighted by Crippen LogP contribution is -1.96. The van der Waals surface area contributed by atoms with Gasteiger partial charge >= 0.3 is 0 Å². The van der Waals surface area contributed by atoms with E-state index in [1.165, 1.54) is 63.4 Å². The zero-order valence-corrected chi connectivity index (χ0v) is 32.6. The Morgan fingerprint density at radius 3 is 1.41 bits per heavy atom. The van der Waals surface area contributed by atoms with Gasteiger partial charge in [0.2, 0.25) is 0 Å². The van der Waals surface area contributed by atoms with Gasteiger partial charge in [-0.2, -0.15) is 0 Å². The van der Waals surface area contributed by atoms with Crippen molar-refractivity contribution in [2.45, 2.75) is 0 Å². The number of hydrogen-bond donors (Lipinski definition) is 0. The summed E-state index contributed by atoms with van der Waals surface area (Å²) < 4.78 is 2.45. The zero-order valence-electron chi connectivity index (χ0n) is 31.8. The normalized spacial score (nSPS) is 11.7. The first-order valence-corrected chi connectivity index (χ1v) is 20.7. The number of fused-ring (bicyclic) bond motifs is 11. The van der Waals surface area contributed by atoms with E-state index in [1.54, 1.807) is 0 Å². The van der Waals surface area contributed by atoms with Crippen molar-refractivity contribution in [3.63, 3.8) is 0 Å². The van der Waals surface area contributed by atoms with Crippen LogP contribution in [0.2, 0.25) is 0 Å². The smallest absolute Gasteiger partial charge is 0.160 e. The molecule has 0 aliphatic heterocycles. The van der Waals surface area contributed by atoms with E-state index in [1.807, 2.05) is 47.7 Å². The molecule has 3 heterocycles. The summed E-state index contributed by atoms with van der Waals surface area (Å²) in [6.45, 7) is 0. The van der Waals surface area contributed by atoms with Crippen molar-refractivity contribution in [2.75, 3.05) is 0 Å². The predicted molar refractivity (Wildman–Crippen MR) is 250 cm³/mol. The van der Waals surface area contributed by atoms with E-state index in [-0.39, 0.29) is 0 Å². The highest BCUT2D eigenvalue weighted by Crippen LogP contribution is 2.44. The Balaban J connectivity index is 1.01. The van der Waals surface area contributed by atoms with Crippen molar-refractivity contribution in [3.05, 3.63) is 200 Å². The average Bonchev–Trinajstić information content (AvgIpc) is 3.72. The minimum atomic E-state index is 0.691. The van der Waals surface area contributed by atoms with Gasteiger partial charge in [-0.3, -0.25) is 0 Å². The molecule has 0 saturated carbocycles. The molecule has 0 radical (unpaired) electrons. The second-order valence-corrected chi connectivity index (χ2v) is 16.2. The summed E-state index contributed by atoms with van der Waals surface area (Å²) in [6.07, 6.45) is 0. The predicted octanol–water partition coefficient (Wildman–Crippen LogP) is 15.2. The molecule has 0 spiro atoms. The first-order valence-electron chi connectivity index (χ1n) is 19.9. The lowest BCUT2D eigenvalue weighted by molar-refractivity contribution is 1.18. The third-order valence-electron chi connectivity index (χ3n) is 11.7. The van der Waals surface area contributed by atoms with Crippen molar-refractivity contribution < 1.29 is 0 Å². The molecule has 0 bridgehead atoms. The van der Waals surface area contributed by atoms with Crippen molar-refractivity contribution in [1.29, 1.82) is 0 Å². The van der Waals surface area contributed by atoms with Gasteiger partial charge < -0.3 is 0 Å². The molecule has 3 aromatic heterocycles. The summed E-state index contributed by atoms with van der Waals surface area (Å²) in [5.41, 5.74) is 10.2. The molecule has 0 unspecified atom stereocenters. The van der Waals surface area contributed by atoms with Crippen LogP contribution in [0.1, 0.15) is 0 Å². The van der Waals surface area contributed by atoms with E-state index in [0.717, 1.165) is 50.4 Å². The highest BCUT2D eigenvalue weighted by Gasteiger charge is 2.18. The number of benzene rings is 9. The van der Waals surface area contributed by atoms with Gasteiger partial charge in [0.25, 0.3) is 0 Å². The molecular weight excluding hydrogens is 735 g/mol. The number of rotatable bonds is 5. The molecule has 0 aliphatic carbocycles. The number of hydrogen-bond acceptors (Lipinski definition) is 4. The largest absolute Gasteiger partial charge is 0.246 e. The summed E-state index contributed by atoms with van der Waals surface area (Å²) in [7, 11) is 0. The monoisotopic (exact) mass is 767 g/mol. The van der Waals surface area contributed by atoms with Gasteiger partial charge in [0.15, 0.2) is 5.82 Å². The Morgan fingerprint density at radius 1 is 0.305 bits per heavy atom. The van der Waals surface area contributed by atoms with Gasteiger partial charge in [-0.1, -0.05) is 176 Å². The molecule has 12 rings (SSSR count). The van der Waals surface area contributed by atoms with E-state index in [9.17, 15) is 0 Å². The maximum atomic E-state index is 5.50. The fourth-order valence-electron chi connectivity index (χ4n) is 8.82. The Morgan fingerprint density at radius 2 is 0.780 bits per heavy atom. The van der Waals surface area contributed by atoms with Gasteiger partial charge in [-0.25, -0.2) is 15.0 Å². The molecule has 3 nitrogen and oxygen atoms in total. The molecular formula is C55H33N3S. The SMILES string of the molecule is c1ccc(-c2cc(-c3ccccc3)nc(-c3ccc(-c4nc5cc(-c6ccc7c8ccccc8c8ccccc8c7c6)ccc5c5c4sc4ccccc45)cc3)n2)cc1. The molecule has 0 aliphatic rings. The Kier molecular flexibility index (Phi) is 7.72. The van der Waals surface area contributed by atoms with E-state index < -0.39 is 0 Å². The van der Waals surface area contributed by atoms with Crippen LogP contribution in [0.5, 0.6) is 0 Å². The molecule has 0 saturated heterocycles. The van der Waals surface area contributed by atoms with Crippen molar-refractivity contribution in [1.82, 2.24) is 15.0 Å². The molecule has 274 valence electrons. The van der Waals surface area contributed by atoms with Gasteiger partial charge in [0, 0.05) is 43.1 Å². The molecule has 0 atom stereocenters. The number of thiophene rings is 1. The number of aromatic nitrogens is 3. The molecule has 12 aromatic rings. The summed E-state index contributed by atoms with van der Waals surface area (Å²) in [4.78, 5) is 15.7. The van der Waals surface area contributed by atoms with Crippen LogP contribution < -0.4 is 0 Å². The van der Waals surface area contributed by atoms with Gasteiger partial charge in [0.05, 0.1) is 27.3 Å². The van der Waals surface area contributed by atoms with Gasteiger partial charge in [-0.05, 0) is 67.7 Å². The highest BCUT2D eigenvalue weighted by atomic mass is 32.1. The quantitative estimate of drug-likeness (QED) is 0.164. The van der Waals surface area contributed by atoms with E-state index in [2.05, 4.69) is 164 Å². The fraction of sp³-hybridized carbons (Fsp3) is 0. The van der Waals surface area contributed by atoms with E-state index in [4.69, 9.17) is 15.0 Å².